The monoisotopic (exact) mass is 257 g/mol. The van der Waals surface area contributed by atoms with Crippen molar-refractivity contribution in [3.05, 3.63) is 72.1 Å². The van der Waals surface area contributed by atoms with Gasteiger partial charge >= 0.3 is 0 Å². The summed E-state index contributed by atoms with van der Waals surface area (Å²) in [5.74, 6) is 0.821. The second kappa shape index (κ2) is 7.58. The third-order valence-corrected chi connectivity index (χ3v) is 3.05. The molecule has 2 aromatic carbocycles. The highest BCUT2D eigenvalue weighted by molar-refractivity contribution is 8.02. The molecule has 0 fully saturated rings. The van der Waals surface area contributed by atoms with E-state index in [0.717, 1.165) is 5.75 Å². The molecule has 2 nitrogen and oxygen atoms in total. The van der Waals surface area contributed by atoms with Gasteiger partial charge in [0.2, 0.25) is 0 Å². The lowest BCUT2D eigenvalue weighted by Crippen LogP contribution is -2.17. The summed E-state index contributed by atoms with van der Waals surface area (Å²) in [5.41, 5.74) is 2.89. The van der Waals surface area contributed by atoms with Gasteiger partial charge in [0.15, 0.2) is 0 Å². The van der Waals surface area contributed by atoms with Gasteiger partial charge in [-0.25, -0.2) is 0 Å². The molecular formula is C15H15NOS. The lowest BCUT2D eigenvalue weighted by atomic mass is 10.3. The van der Waals surface area contributed by atoms with Gasteiger partial charge in [-0.15, -0.1) is 0 Å². The van der Waals surface area contributed by atoms with Crippen molar-refractivity contribution in [2.24, 2.45) is 0 Å². The quantitative estimate of drug-likeness (QED) is 0.482. The van der Waals surface area contributed by atoms with E-state index in [4.69, 9.17) is 4.84 Å². The molecule has 0 saturated heterocycles. The Morgan fingerprint density at radius 2 is 1.61 bits per heavy atom. The van der Waals surface area contributed by atoms with Crippen molar-refractivity contribution < 1.29 is 4.84 Å². The normalized spacial score (nSPS) is 10.7. The van der Waals surface area contributed by atoms with Crippen molar-refractivity contribution in [3.8, 4) is 5.75 Å². The fourth-order valence-corrected chi connectivity index (χ4v) is 2.00. The molecule has 3 heteroatoms. The van der Waals surface area contributed by atoms with Gasteiger partial charge in [0.25, 0.3) is 0 Å². The van der Waals surface area contributed by atoms with Gasteiger partial charge in [-0.1, -0.05) is 54.2 Å². The smallest absolute Gasteiger partial charge is 0.147 e. The Labute approximate surface area is 112 Å². The maximum atomic E-state index is 5.35. The van der Waals surface area contributed by atoms with Crippen molar-refractivity contribution in [2.75, 3.05) is 6.54 Å². The number of thioether (sulfide) groups is 1. The maximum Gasteiger partial charge on any atom is 0.147 e. The molecule has 0 aromatic heterocycles. The Morgan fingerprint density at radius 3 is 2.33 bits per heavy atom. The zero-order chi connectivity index (χ0) is 12.5. The van der Waals surface area contributed by atoms with E-state index in [1.807, 2.05) is 54.6 Å². The number of hydrogen-bond acceptors (Lipinski definition) is 3. The van der Waals surface area contributed by atoms with Gasteiger partial charge in [-0.2, -0.15) is 5.48 Å². The standard InChI is InChI=1S/C15H15NOS/c1-3-8-14(9-4-1)17-16-12-7-13-18-15-10-5-2-6-11-15/h1-11,13,16H,12H2. The highest BCUT2D eigenvalue weighted by Crippen LogP contribution is 2.17. The van der Waals surface area contributed by atoms with E-state index in [-0.39, 0.29) is 0 Å². The van der Waals surface area contributed by atoms with Crippen LogP contribution in [0.5, 0.6) is 5.75 Å². The van der Waals surface area contributed by atoms with Crippen LogP contribution in [-0.2, 0) is 0 Å². The van der Waals surface area contributed by atoms with Gasteiger partial charge in [0.1, 0.15) is 5.75 Å². The average molecular weight is 257 g/mol. The minimum absolute atomic E-state index is 0.675. The Morgan fingerprint density at radius 1 is 0.944 bits per heavy atom. The summed E-state index contributed by atoms with van der Waals surface area (Å²) in [4.78, 5) is 6.58. The summed E-state index contributed by atoms with van der Waals surface area (Å²) in [6.45, 7) is 0.675. The molecule has 0 unspecified atom stereocenters. The molecule has 0 radical (unpaired) electrons. The summed E-state index contributed by atoms with van der Waals surface area (Å²) in [6.07, 6.45) is 2.03. The summed E-state index contributed by atoms with van der Waals surface area (Å²) in [6, 6.07) is 19.9. The second-order valence-corrected chi connectivity index (χ2v) is 4.55. The van der Waals surface area contributed by atoms with Crippen LogP contribution in [0.25, 0.3) is 0 Å². The van der Waals surface area contributed by atoms with E-state index in [1.165, 1.54) is 4.90 Å². The molecule has 1 N–H and O–H groups in total. The fraction of sp³-hybridized carbons (Fsp3) is 0.0667. The van der Waals surface area contributed by atoms with Gasteiger partial charge in [0, 0.05) is 4.90 Å². The molecule has 0 spiro atoms. The van der Waals surface area contributed by atoms with E-state index in [9.17, 15) is 0 Å². The first-order chi connectivity index (χ1) is 8.95. The molecule has 92 valence electrons. The van der Waals surface area contributed by atoms with E-state index < -0.39 is 0 Å². The Kier molecular flexibility index (Phi) is 5.37. The second-order valence-electron chi connectivity index (χ2n) is 3.57. The molecule has 0 aliphatic heterocycles. The molecule has 2 aromatic rings. The molecular weight excluding hydrogens is 242 g/mol. The van der Waals surface area contributed by atoms with Gasteiger partial charge in [-0.3, -0.25) is 0 Å². The number of para-hydroxylation sites is 1. The number of benzene rings is 2. The third kappa shape index (κ3) is 4.65. The van der Waals surface area contributed by atoms with Crippen LogP contribution in [-0.4, -0.2) is 6.54 Å². The predicted molar refractivity (Wildman–Crippen MR) is 76.5 cm³/mol. The fourth-order valence-electron chi connectivity index (χ4n) is 1.34. The van der Waals surface area contributed by atoms with Crippen molar-refractivity contribution in [2.45, 2.75) is 4.90 Å². The van der Waals surface area contributed by atoms with Crippen LogP contribution in [0.1, 0.15) is 0 Å². The average Bonchev–Trinajstić information content (AvgIpc) is 2.45. The lowest BCUT2D eigenvalue weighted by molar-refractivity contribution is 0.209. The Bertz CT molecular complexity index is 470. The minimum Gasteiger partial charge on any atom is -0.408 e. The zero-order valence-electron chi connectivity index (χ0n) is 9.95. The highest BCUT2D eigenvalue weighted by atomic mass is 32.2. The van der Waals surface area contributed by atoms with E-state index >= 15 is 0 Å². The van der Waals surface area contributed by atoms with E-state index in [2.05, 4.69) is 23.0 Å². The predicted octanol–water partition coefficient (Wildman–Crippen LogP) is 3.88. The van der Waals surface area contributed by atoms with Gasteiger partial charge < -0.3 is 4.84 Å². The molecule has 0 heterocycles. The molecule has 18 heavy (non-hydrogen) atoms. The van der Waals surface area contributed by atoms with Crippen LogP contribution < -0.4 is 10.3 Å². The van der Waals surface area contributed by atoms with Crippen LogP contribution in [0.3, 0.4) is 0 Å². The van der Waals surface area contributed by atoms with Crippen LogP contribution in [0.15, 0.2) is 77.0 Å². The molecule has 0 saturated carbocycles. The van der Waals surface area contributed by atoms with Crippen LogP contribution >= 0.6 is 11.8 Å². The van der Waals surface area contributed by atoms with Gasteiger partial charge in [0.05, 0.1) is 6.54 Å². The number of hydroxylamine groups is 1. The summed E-state index contributed by atoms with van der Waals surface area (Å²) in [7, 11) is 0. The third-order valence-electron chi connectivity index (χ3n) is 2.18. The molecule has 0 aliphatic rings. The largest absolute Gasteiger partial charge is 0.408 e. The molecule has 0 amide bonds. The number of nitrogens with one attached hydrogen (secondary N) is 1. The zero-order valence-corrected chi connectivity index (χ0v) is 10.8. The Hall–Kier alpha value is -1.71. The summed E-state index contributed by atoms with van der Waals surface area (Å²) in [5, 5.41) is 2.05. The summed E-state index contributed by atoms with van der Waals surface area (Å²) < 4.78 is 0. The van der Waals surface area contributed by atoms with Crippen molar-refractivity contribution in [3.63, 3.8) is 0 Å². The van der Waals surface area contributed by atoms with Crippen LogP contribution in [0.2, 0.25) is 0 Å². The topological polar surface area (TPSA) is 21.3 Å². The Balaban J connectivity index is 1.64. The van der Waals surface area contributed by atoms with Crippen LogP contribution in [0, 0.1) is 0 Å². The lowest BCUT2D eigenvalue weighted by Gasteiger charge is -2.03. The van der Waals surface area contributed by atoms with Crippen molar-refractivity contribution in [1.29, 1.82) is 0 Å². The SMILES string of the molecule is C(=CSc1ccccc1)CNOc1ccccc1. The van der Waals surface area contributed by atoms with Crippen molar-refractivity contribution >= 4 is 11.8 Å². The van der Waals surface area contributed by atoms with E-state index in [0.29, 0.717) is 6.54 Å². The molecule has 0 aliphatic carbocycles. The first-order valence-electron chi connectivity index (χ1n) is 5.76. The number of hydrogen-bond donors (Lipinski definition) is 1. The summed E-state index contributed by atoms with van der Waals surface area (Å²) >= 11 is 1.69. The van der Waals surface area contributed by atoms with Gasteiger partial charge in [-0.05, 0) is 29.7 Å². The van der Waals surface area contributed by atoms with E-state index in [1.54, 1.807) is 11.8 Å². The highest BCUT2D eigenvalue weighted by Gasteiger charge is 1.89. The first kappa shape index (κ1) is 12.7. The van der Waals surface area contributed by atoms with Crippen molar-refractivity contribution in [1.82, 2.24) is 5.48 Å². The number of rotatable bonds is 6. The molecule has 0 atom stereocenters. The van der Waals surface area contributed by atoms with Crippen LogP contribution in [0.4, 0.5) is 0 Å². The first-order valence-corrected chi connectivity index (χ1v) is 6.64. The minimum atomic E-state index is 0.675. The maximum absolute atomic E-state index is 5.35. The molecule has 0 bridgehead atoms. The molecule has 2 rings (SSSR count).